The van der Waals surface area contributed by atoms with E-state index in [-0.39, 0.29) is 22.2 Å². The molecule has 8 nitrogen and oxygen atoms in total. The van der Waals surface area contributed by atoms with Gasteiger partial charge < -0.3 is 15.4 Å². The van der Waals surface area contributed by atoms with Crippen LogP contribution < -0.4 is 20.1 Å². The number of halogens is 2. The van der Waals surface area contributed by atoms with Crippen LogP contribution in [0.3, 0.4) is 0 Å². The molecule has 0 aliphatic rings. The van der Waals surface area contributed by atoms with Gasteiger partial charge in [-0.2, -0.15) is 13.5 Å². The van der Waals surface area contributed by atoms with Crippen LogP contribution in [0.2, 0.25) is 0 Å². The van der Waals surface area contributed by atoms with Gasteiger partial charge in [-0.3, -0.25) is 9.59 Å². The SMILES string of the molecule is CC(=O)Nc1ccc(S(=O)(=O)N[C@@H](C)C(=O)Nc2ccccc2OC(F)F)cc1. The molecule has 0 aliphatic carbocycles. The van der Waals surface area contributed by atoms with E-state index in [4.69, 9.17) is 0 Å². The molecule has 3 N–H and O–H groups in total. The predicted octanol–water partition coefficient (Wildman–Crippen LogP) is 2.55. The van der Waals surface area contributed by atoms with Gasteiger partial charge in [0, 0.05) is 12.6 Å². The van der Waals surface area contributed by atoms with Crippen LogP contribution in [0.15, 0.2) is 53.4 Å². The monoisotopic (exact) mass is 427 g/mol. The summed E-state index contributed by atoms with van der Waals surface area (Å²) in [5, 5.41) is 4.85. The Kier molecular flexibility index (Phi) is 7.23. The summed E-state index contributed by atoms with van der Waals surface area (Å²) in [6.45, 7) is -0.462. The topological polar surface area (TPSA) is 114 Å². The molecule has 0 aliphatic heterocycles. The lowest BCUT2D eigenvalue weighted by Crippen LogP contribution is -2.41. The number of carbonyl (C=O) groups excluding carboxylic acids is 2. The molecule has 0 fully saturated rings. The lowest BCUT2D eigenvalue weighted by atomic mass is 10.2. The van der Waals surface area contributed by atoms with Gasteiger partial charge in [-0.15, -0.1) is 0 Å². The van der Waals surface area contributed by atoms with Crippen molar-refractivity contribution in [2.75, 3.05) is 10.6 Å². The minimum absolute atomic E-state index is 0.0245. The van der Waals surface area contributed by atoms with Crippen molar-refractivity contribution in [3.05, 3.63) is 48.5 Å². The third kappa shape index (κ3) is 6.50. The molecule has 0 saturated carbocycles. The van der Waals surface area contributed by atoms with Crippen LogP contribution in [-0.4, -0.2) is 32.9 Å². The Labute approximate surface area is 166 Å². The molecule has 0 spiro atoms. The fourth-order valence-electron chi connectivity index (χ4n) is 2.28. The fourth-order valence-corrected chi connectivity index (χ4v) is 3.49. The molecule has 2 rings (SSSR count). The van der Waals surface area contributed by atoms with Crippen LogP contribution in [0.4, 0.5) is 20.2 Å². The number of hydrogen-bond acceptors (Lipinski definition) is 5. The van der Waals surface area contributed by atoms with E-state index >= 15 is 0 Å². The number of anilines is 2. The maximum absolute atomic E-state index is 12.5. The summed E-state index contributed by atoms with van der Waals surface area (Å²) in [6.07, 6.45) is 0. The predicted molar refractivity (Wildman–Crippen MR) is 102 cm³/mol. The van der Waals surface area contributed by atoms with Crippen molar-refractivity contribution in [3.63, 3.8) is 0 Å². The molecule has 2 aromatic rings. The smallest absolute Gasteiger partial charge is 0.387 e. The summed E-state index contributed by atoms with van der Waals surface area (Å²) in [5.41, 5.74) is 0.390. The van der Waals surface area contributed by atoms with Crippen LogP contribution in [0.25, 0.3) is 0 Å². The molecule has 0 radical (unpaired) electrons. The number of ether oxygens (including phenoxy) is 1. The first-order valence-electron chi connectivity index (χ1n) is 8.33. The maximum atomic E-state index is 12.5. The Bertz CT molecular complexity index is 981. The van der Waals surface area contributed by atoms with Crippen molar-refractivity contribution in [1.82, 2.24) is 4.72 Å². The number of para-hydroxylation sites is 2. The summed E-state index contributed by atoms with van der Waals surface area (Å²) >= 11 is 0. The van der Waals surface area contributed by atoms with Crippen LogP contribution in [0, 0.1) is 0 Å². The zero-order chi connectivity index (χ0) is 21.6. The summed E-state index contributed by atoms with van der Waals surface area (Å²) < 4.78 is 56.3. The van der Waals surface area contributed by atoms with Crippen molar-refractivity contribution in [1.29, 1.82) is 0 Å². The normalized spacial score (nSPS) is 12.3. The number of rotatable bonds is 8. The van der Waals surface area contributed by atoms with Crippen LogP contribution in [0.1, 0.15) is 13.8 Å². The summed E-state index contributed by atoms with van der Waals surface area (Å²) in [4.78, 5) is 23.2. The molecule has 0 saturated heterocycles. The quantitative estimate of drug-likeness (QED) is 0.599. The van der Waals surface area contributed by atoms with E-state index in [1.807, 2.05) is 0 Å². The molecule has 11 heteroatoms. The Morgan fingerprint density at radius 2 is 1.62 bits per heavy atom. The Hall–Kier alpha value is -3.05. The first kappa shape index (κ1) is 22.2. The molecule has 1 atom stereocenters. The fraction of sp³-hybridized carbons (Fsp3) is 0.222. The van der Waals surface area contributed by atoms with Crippen molar-refractivity contribution in [2.45, 2.75) is 31.4 Å². The van der Waals surface area contributed by atoms with Crippen LogP contribution in [-0.2, 0) is 19.6 Å². The van der Waals surface area contributed by atoms with E-state index in [0.29, 0.717) is 5.69 Å². The highest BCUT2D eigenvalue weighted by Crippen LogP contribution is 2.25. The number of alkyl halides is 2. The molecular weight excluding hydrogens is 408 g/mol. The summed E-state index contributed by atoms with van der Waals surface area (Å²) in [7, 11) is -4.05. The van der Waals surface area contributed by atoms with Gasteiger partial charge in [-0.05, 0) is 43.3 Å². The first-order chi connectivity index (χ1) is 13.6. The second-order valence-electron chi connectivity index (χ2n) is 5.91. The second-order valence-corrected chi connectivity index (χ2v) is 7.63. The lowest BCUT2D eigenvalue weighted by molar-refractivity contribution is -0.117. The van der Waals surface area contributed by atoms with Crippen LogP contribution >= 0.6 is 0 Å². The number of amides is 2. The molecule has 0 heterocycles. The zero-order valence-electron chi connectivity index (χ0n) is 15.5. The average Bonchev–Trinajstić information content (AvgIpc) is 2.62. The molecule has 0 unspecified atom stereocenters. The van der Waals surface area contributed by atoms with Gasteiger partial charge in [-0.25, -0.2) is 8.42 Å². The lowest BCUT2D eigenvalue weighted by Gasteiger charge is -2.16. The van der Waals surface area contributed by atoms with Gasteiger partial charge in [0.1, 0.15) is 5.75 Å². The third-order valence-corrected chi connectivity index (χ3v) is 5.13. The van der Waals surface area contributed by atoms with Crippen molar-refractivity contribution < 1.29 is 31.5 Å². The molecule has 0 aromatic heterocycles. The highest BCUT2D eigenvalue weighted by Gasteiger charge is 2.23. The zero-order valence-corrected chi connectivity index (χ0v) is 16.3. The Morgan fingerprint density at radius 1 is 1.00 bits per heavy atom. The van der Waals surface area contributed by atoms with E-state index in [1.165, 1.54) is 62.4 Å². The number of carbonyl (C=O) groups is 2. The van der Waals surface area contributed by atoms with E-state index < -0.39 is 28.6 Å². The Morgan fingerprint density at radius 3 is 2.21 bits per heavy atom. The van der Waals surface area contributed by atoms with Crippen molar-refractivity contribution >= 4 is 33.2 Å². The average molecular weight is 427 g/mol. The van der Waals surface area contributed by atoms with Gasteiger partial charge in [-0.1, -0.05) is 12.1 Å². The summed E-state index contributed by atoms with van der Waals surface area (Å²) in [5.74, 6) is -1.33. The number of nitrogens with one attached hydrogen (secondary N) is 3. The van der Waals surface area contributed by atoms with E-state index in [1.54, 1.807) is 0 Å². The first-order valence-corrected chi connectivity index (χ1v) is 9.81. The molecule has 2 aromatic carbocycles. The van der Waals surface area contributed by atoms with Gasteiger partial charge in [0.25, 0.3) is 0 Å². The van der Waals surface area contributed by atoms with Gasteiger partial charge in [0.05, 0.1) is 16.6 Å². The second kappa shape index (κ2) is 9.43. The maximum Gasteiger partial charge on any atom is 0.387 e. The van der Waals surface area contributed by atoms with Crippen LogP contribution in [0.5, 0.6) is 5.75 Å². The number of hydrogen-bond donors (Lipinski definition) is 3. The van der Waals surface area contributed by atoms with Crippen molar-refractivity contribution in [2.24, 2.45) is 0 Å². The molecule has 29 heavy (non-hydrogen) atoms. The minimum Gasteiger partial charge on any atom is -0.433 e. The largest absolute Gasteiger partial charge is 0.433 e. The minimum atomic E-state index is -4.05. The molecular formula is C18H19F2N3O5S. The van der Waals surface area contributed by atoms with E-state index in [9.17, 15) is 26.8 Å². The highest BCUT2D eigenvalue weighted by molar-refractivity contribution is 7.89. The highest BCUT2D eigenvalue weighted by atomic mass is 32.2. The van der Waals surface area contributed by atoms with Gasteiger partial charge in [0.15, 0.2) is 0 Å². The van der Waals surface area contributed by atoms with Crippen molar-refractivity contribution in [3.8, 4) is 5.75 Å². The molecule has 0 bridgehead atoms. The molecule has 2 amide bonds. The number of benzene rings is 2. The van der Waals surface area contributed by atoms with Gasteiger partial charge >= 0.3 is 6.61 Å². The Balaban J connectivity index is 2.08. The summed E-state index contributed by atoms with van der Waals surface area (Å²) in [6, 6.07) is 9.66. The van der Waals surface area contributed by atoms with Gasteiger partial charge in [0.2, 0.25) is 21.8 Å². The number of sulfonamides is 1. The van der Waals surface area contributed by atoms with E-state index in [0.717, 1.165) is 0 Å². The standard InChI is InChI=1S/C18H19F2N3O5S/c1-11(17(25)22-15-5-3-4-6-16(15)28-18(19)20)23-29(26,27)14-9-7-13(8-10-14)21-12(2)24/h3-11,18,23H,1-2H3,(H,21,24)(H,22,25)/t11-/m0/s1. The third-order valence-electron chi connectivity index (χ3n) is 3.57. The molecule has 156 valence electrons. The van der Waals surface area contributed by atoms with E-state index in [2.05, 4.69) is 20.1 Å².